The highest BCUT2D eigenvalue weighted by Crippen LogP contribution is 2.36. The van der Waals surface area contributed by atoms with Gasteiger partial charge in [0.25, 0.3) is 0 Å². The average Bonchev–Trinajstić information content (AvgIpc) is 3.11. The zero-order valence-corrected chi connectivity index (χ0v) is 14.1. The van der Waals surface area contributed by atoms with Crippen LogP contribution >= 0.6 is 11.3 Å². The molecule has 2 heterocycles. The standard InChI is InChI=1S/C17H13NO6S/c1-7-10-11(13(19)8-3-5-9(24-2)6-4-8)12(16(20)21)18-15(10)25-14(7)17(22)23/h3-6,18H,1-2H3,(H,20,21)(H,22,23). The average molecular weight is 359 g/mol. The summed E-state index contributed by atoms with van der Waals surface area (Å²) in [5, 5.41) is 19.0. The number of thiophene rings is 1. The van der Waals surface area contributed by atoms with Gasteiger partial charge in [-0.1, -0.05) is 0 Å². The number of carbonyl (C=O) groups is 3. The maximum atomic E-state index is 12.9. The van der Waals surface area contributed by atoms with Gasteiger partial charge < -0.3 is 19.9 Å². The van der Waals surface area contributed by atoms with Crippen molar-refractivity contribution in [3.63, 3.8) is 0 Å². The van der Waals surface area contributed by atoms with Gasteiger partial charge in [-0.05, 0) is 36.8 Å². The lowest BCUT2D eigenvalue weighted by Crippen LogP contribution is -2.09. The SMILES string of the molecule is COc1ccc(C(=O)c2c(C(=O)O)[nH]c3sc(C(=O)O)c(C)c23)cc1. The number of carboxylic acids is 2. The Labute approximate surface area is 145 Å². The number of benzene rings is 1. The topological polar surface area (TPSA) is 117 Å². The first-order valence-corrected chi connectivity index (χ1v) is 7.97. The van der Waals surface area contributed by atoms with Gasteiger partial charge in [0.1, 0.15) is 21.2 Å². The quantitative estimate of drug-likeness (QED) is 0.603. The maximum absolute atomic E-state index is 12.9. The zero-order valence-electron chi connectivity index (χ0n) is 13.2. The van der Waals surface area contributed by atoms with Gasteiger partial charge in [0.15, 0.2) is 5.78 Å². The second-order valence-corrected chi connectivity index (χ2v) is 6.32. The number of aromatic amines is 1. The molecule has 0 fully saturated rings. The number of carboxylic acid groups (broad SMARTS) is 2. The second kappa shape index (κ2) is 6.06. The van der Waals surface area contributed by atoms with Crippen LogP contribution in [-0.2, 0) is 0 Å². The molecule has 0 amide bonds. The van der Waals surface area contributed by atoms with Crippen molar-refractivity contribution in [1.82, 2.24) is 4.98 Å². The van der Waals surface area contributed by atoms with E-state index in [2.05, 4.69) is 4.98 Å². The zero-order chi connectivity index (χ0) is 18.3. The number of ether oxygens (including phenoxy) is 1. The molecule has 0 spiro atoms. The molecule has 128 valence electrons. The Morgan fingerprint density at radius 2 is 1.72 bits per heavy atom. The summed E-state index contributed by atoms with van der Waals surface area (Å²) in [6.07, 6.45) is 0. The molecule has 0 aliphatic carbocycles. The largest absolute Gasteiger partial charge is 0.497 e. The third kappa shape index (κ3) is 2.66. The number of ketones is 1. The van der Waals surface area contributed by atoms with E-state index in [1.807, 2.05) is 0 Å². The first-order valence-electron chi connectivity index (χ1n) is 7.15. The summed E-state index contributed by atoms with van der Waals surface area (Å²) in [5.74, 6) is -2.33. The molecule has 0 saturated heterocycles. The number of hydrogen-bond donors (Lipinski definition) is 3. The third-order valence-corrected chi connectivity index (χ3v) is 5.07. The van der Waals surface area contributed by atoms with Crippen LogP contribution in [0.5, 0.6) is 5.75 Å². The van der Waals surface area contributed by atoms with Gasteiger partial charge in [0, 0.05) is 10.9 Å². The van der Waals surface area contributed by atoms with E-state index in [0.29, 0.717) is 21.5 Å². The minimum atomic E-state index is -1.28. The highest BCUT2D eigenvalue weighted by Gasteiger charge is 2.28. The van der Waals surface area contributed by atoms with Crippen LogP contribution in [0.4, 0.5) is 0 Å². The summed E-state index contributed by atoms with van der Waals surface area (Å²) in [6, 6.07) is 6.26. The predicted octanol–water partition coefficient (Wildman–Crippen LogP) is 3.17. The highest BCUT2D eigenvalue weighted by molar-refractivity contribution is 7.20. The molecule has 0 saturated carbocycles. The lowest BCUT2D eigenvalue weighted by atomic mass is 9.99. The summed E-state index contributed by atoms with van der Waals surface area (Å²) in [5.41, 5.74) is 0.371. The Hall–Kier alpha value is -3.13. The van der Waals surface area contributed by atoms with Gasteiger partial charge in [-0.2, -0.15) is 0 Å². The predicted molar refractivity (Wildman–Crippen MR) is 91.3 cm³/mol. The minimum absolute atomic E-state index is 0.0334. The van der Waals surface area contributed by atoms with Crippen LogP contribution in [-0.4, -0.2) is 40.0 Å². The van der Waals surface area contributed by atoms with E-state index in [4.69, 9.17) is 4.74 Å². The van der Waals surface area contributed by atoms with E-state index in [9.17, 15) is 24.6 Å². The first kappa shape index (κ1) is 16.7. The summed E-state index contributed by atoms with van der Waals surface area (Å²) in [6.45, 7) is 1.56. The molecule has 25 heavy (non-hydrogen) atoms. The molecule has 3 N–H and O–H groups in total. The highest BCUT2D eigenvalue weighted by atomic mass is 32.1. The van der Waals surface area contributed by atoms with Crippen molar-refractivity contribution < 1.29 is 29.3 Å². The number of rotatable bonds is 5. The number of aryl methyl sites for hydroxylation is 1. The minimum Gasteiger partial charge on any atom is -0.497 e. The van der Waals surface area contributed by atoms with Crippen molar-refractivity contribution in [3.8, 4) is 5.75 Å². The number of hydrogen-bond acceptors (Lipinski definition) is 5. The fourth-order valence-electron chi connectivity index (χ4n) is 2.68. The molecule has 0 aliphatic rings. The van der Waals surface area contributed by atoms with Crippen LogP contribution in [0, 0.1) is 6.92 Å². The number of nitrogens with one attached hydrogen (secondary N) is 1. The number of H-pyrrole nitrogens is 1. The molecular weight excluding hydrogens is 346 g/mol. The molecule has 1 aromatic carbocycles. The van der Waals surface area contributed by atoms with Crippen LogP contribution in [0.25, 0.3) is 10.2 Å². The number of carbonyl (C=O) groups excluding carboxylic acids is 1. The fraction of sp³-hybridized carbons (Fsp3) is 0.118. The number of aromatic carboxylic acids is 2. The number of aromatic nitrogens is 1. The first-order chi connectivity index (χ1) is 11.8. The van der Waals surface area contributed by atoms with Gasteiger partial charge in [0.05, 0.1) is 12.7 Å². The van der Waals surface area contributed by atoms with Gasteiger partial charge >= 0.3 is 11.9 Å². The van der Waals surface area contributed by atoms with E-state index < -0.39 is 17.7 Å². The van der Waals surface area contributed by atoms with Crippen molar-refractivity contribution >= 4 is 39.3 Å². The molecule has 8 heteroatoms. The molecule has 2 aromatic heterocycles. The molecule has 0 bridgehead atoms. The second-order valence-electron chi connectivity index (χ2n) is 5.30. The van der Waals surface area contributed by atoms with E-state index in [1.54, 1.807) is 19.1 Å². The van der Waals surface area contributed by atoms with Gasteiger partial charge in [-0.25, -0.2) is 9.59 Å². The monoisotopic (exact) mass is 359 g/mol. The molecule has 0 radical (unpaired) electrons. The normalized spacial score (nSPS) is 10.8. The van der Waals surface area contributed by atoms with E-state index in [1.165, 1.54) is 19.2 Å². The Morgan fingerprint density at radius 3 is 2.24 bits per heavy atom. The van der Waals surface area contributed by atoms with Crippen molar-refractivity contribution in [2.75, 3.05) is 7.11 Å². The lowest BCUT2D eigenvalue weighted by Gasteiger charge is -2.04. The van der Waals surface area contributed by atoms with Crippen molar-refractivity contribution in [2.24, 2.45) is 0 Å². The molecular formula is C17H13NO6S. The summed E-state index contributed by atoms with van der Waals surface area (Å²) in [7, 11) is 1.50. The fourth-order valence-corrected chi connectivity index (χ4v) is 3.74. The Balaban J connectivity index is 2.24. The van der Waals surface area contributed by atoms with Crippen molar-refractivity contribution in [2.45, 2.75) is 6.92 Å². The third-order valence-electron chi connectivity index (χ3n) is 3.87. The lowest BCUT2D eigenvalue weighted by molar-refractivity contribution is 0.0683. The summed E-state index contributed by atoms with van der Waals surface area (Å²) in [4.78, 5) is 38.8. The molecule has 7 nitrogen and oxygen atoms in total. The van der Waals surface area contributed by atoms with Gasteiger partial charge in [-0.3, -0.25) is 4.79 Å². The molecule has 3 rings (SSSR count). The van der Waals surface area contributed by atoms with E-state index in [0.717, 1.165) is 11.3 Å². The Bertz CT molecular complexity index is 1010. The van der Waals surface area contributed by atoms with Crippen LogP contribution in [0.15, 0.2) is 24.3 Å². The van der Waals surface area contributed by atoms with Crippen LogP contribution in [0.1, 0.15) is 41.6 Å². The van der Waals surface area contributed by atoms with Crippen LogP contribution in [0.2, 0.25) is 0 Å². The smallest absolute Gasteiger partial charge is 0.353 e. The maximum Gasteiger partial charge on any atom is 0.353 e. The number of fused-ring (bicyclic) bond motifs is 1. The molecule has 3 aromatic rings. The van der Waals surface area contributed by atoms with Crippen molar-refractivity contribution in [3.05, 3.63) is 51.5 Å². The van der Waals surface area contributed by atoms with Crippen LogP contribution in [0.3, 0.4) is 0 Å². The number of methoxy groups -OCH3 is 1. The van der Waals surface area contributed by atoms with Gasteiger partial charge in [0.2, 0.25) is 0 Å². The summed E-state index contributed by atoms with van der Waals surface area (Å²) < 4.78 is 5.05. The molecule has 0 aliphatic heterocycles. The van der Waals surface area contributed by atoms with Crippen molar-refractivity contribution in [1.29, 1.82) is 0 Å². The summed E-state index contributed by atoms with van der Waals surface area (Å²) >= 11 is 0.912. The molecule has 0 atom stereocenters. The Kier molecular flexibility index (Phi) is 4.05. The van der Waals surface area contributed by atoms with E-state index in [-0.39, 0.29) is 21.7 Å². The molecule has 0 unspecified atom stereocenters. The Morgan fingerprint density at radius 1 is 1.08 bits per heavy atom. The van der Waals surface area contributed by atoms with Gasteiger partial charge in [-0.15, -0.1) is 11.3 Å². The van der Waals surface area contributed by atoms with Crippen LogP contribution < -0.4 is 4.74 Å². The van der Waals surface area contributed by atoms with E-state index >= 15 is 0 Å².